The number of alkyl carbamates (subject to hydrolysis) is 2. The monoisotopic (exact) mass is 302 g/mol. The number of ether oxygens (including phenoxy) is 2. The van der Waals surface area contributed by atoms with E-state index in [0.29, 0.717) is 13.2 Å². The molecule has 0 atom stereocenters. The summed E-state index contributed by atoms with van der Waals surface area (Å²) in [4.78, 5) is 21.3. The van der Waals surface area contributed by atoms with E-state index in [-0.39, 0.29) is 18.8 Å². The highest BCUT2D eigenvalue weighted by atomic mass is 16.6. The van der Waals surface area contributed by atoms with Gasteiger partial charge in [0.1, 0.15) is 6.61 Å². The molecule has 0 aliphatic heterocycles. The van der Waals surface area contributed by atoms with Crippen LogP contribution in [-0.4, -0.2) is 38.5 Å². The molecule has 0 aromatic heterocycles. The molecule has 0 heterocycles. The SMILES string of the molecule is C=CCOC(=O)NCCCC.CCCCNC(=O)OCC. The molecular weight excluding hydrogens is 272 g/mol. The van der Waals surface area contributed by atoms with Gasteiger partial charge in [0, 0.05) is 13.1 Å². The van der Waals surface area contributed by atoms with Gasteiger partial charge in [-0.15, -0.1) is 0 Å². The van der Waals surface area contributed by atoms with Gasteiger partial charge in [0.2, 0.25) is 0 Å². The second-order valence-corrected chi connectivity index (χ2v) is 4.17. The van der Waals surface area contributed by atoms with Crippen LogP contribution in [0.3, 0.4) is 0 Å². The summed E-state index contributed by atoms with van der Waals surface area (Å²) < 4.78 is 9.31. The van der Waals surface area contributed by atoms with Crippen LogP contribution in [-0.2, 0) is 9.47 Å². The third-order valence-corrected chi connectivity index (χ3v) is 2.21. The molecular formula is C15H30N2O4. The number of hydrogen-bond acceptors (Lipinski definition) is 4. The van der Waals surface area contributed by atoms with Crippen molar-refractivity contribution in [2.24, 2.45) is 0 Å². The zero-order chi connectivity index (χ0) is 16.3. The van der Waals surface area contributed by atoms with Crippen LogP contribution in [0.4, 0.5) is 9.59 Å². The minimum absolute atomic E-state index is 0.276. The fraction of sp³-hybridized carbons (Fsp3) is 0.733. The Morgan fingerprint density at radius 3 is 1.81 bits per heavy atom. The number of amides is 2. The standard InChI is InChI=1S/C8H15NO2.C7H15NO2/c1-3-5-6-9-8(10)11-7-4-2;1-3-5-6-8-7(9)10-4-2/h4H,2-3,5-7H2,1H3,(H,9,10);3-6H2,1-2H3,(H,8,9). The van der Waals surface area contributed by atoms with E-state index in [2.05, 4.69) is 40.5 Å². The third-order valence-electron chi connectivity index (χ3n) is 2.21. The molecule has 0 bridgehead atoms. The highest BCUT2D eigenvalue weighted by molar-refractivity contribution is 5.67. The first-order valence-corrected chi connectivity index (χ1v) is 7.54. The summed E-state index contributed by atoms with van der Waals surface area (Å²) >= 11 is 0. The number of nitrogens with one attached hydrogen (secondary N) is 2. The van der Waals surface area contributed by atoms with Crippen molar-refractivity contribution in [3.63, 3.8) is 0 Å². The van der Waals surface area contributed by atoms with Gasteiger partial charge in [0.25, 0.3) is 0 Å². The van der Waals surface area contributed by atoms with Crippen LogP contribution in [0.25, 0.3) is 0 Å². The molecule has 0 saturated carbocycles. The van der Waals surface area contributed by atoms with E-state index in [9.17, 15) is 9.59 Å². The van der Waals surface area contributed by atoms with Crippen LogP contribution in [0.2, 0.25) is 0 Å². The Morgan fingerprint density at radius 1 is 0.952 bits per heavy atom. The molecule has 0 aromatic rings. The molecule has 0 spiro atoms. The van der Waals surface area contributed by atoms with Gasteiger partial charge in [-0.05, 0) is 19.8 Å². The van der Waals surface area contributed by atoms with Gasteiger partial charge in [-0.2, -0.15) is 0 Å². The van der Waals surface area contributed by atoms with E-state index in [1.54, 1.807) is 13.0 Å². The van der Waals surface area contributed by atoms with Crippen molar-refractivity contribution in [1.29, 1.82) is 0 Å². The van der Waals surface area contributed by atoms with Crippen LogP contribution in [0.1, 0.15) is 46.5 Å². The molecule has 0 rings (SSSR count). The van der Waals surface area contributed by atoms with Crippen molar-refractivity contribution in [2.45, 2.75) is 46.5 Å². The molecule has 124 valence electrons. The summed E-state index contributed by atoms with van der Waals surface area (Å²) in [6.07, 6.45) is 5.03. The fourth-order valence-electron chi connectivity index (χ4n) is 1.10. The fourth-order valence-corrected chi connectivity index (χ4v) is 1.10. The van der Waals surface area contributed by atoms with Crippen molar-refractivity contribution < 1.29 is 19.1 Å². The summed E-state index contributed by atoms with van der Waals surface area (Å²) in [6, 6.07) is 0. The molecule has 0 unspecified atom stereocenters. The largest absolute Gasteiger partial charge is 0.450 e. The molecule has 6 nitrogen and oxygen atoms in total. The summed E-state index contributed by atoms with van der Waals surface area (Å²) in [5.41, 5.74) is 0. The lowest BCUT2D eigenvalue weighted by atomic mass is 10.3. The van der Waals surface area contributed by atoms with Crippen molar-refractivity contribution in [2.75, 3.05) is 26.3 Å². The minimum Gasteiger partial charge on any atom is -0.450 e. The smallest absolute Gasteiger partial charge is 0.407 e. The lowest BCUT2D eigenvalue weighted by molar-refractivity contribution is 0.152. The predicted molar refractivity (Wildman–Crippen MR) is 84.4 cm³/mol. The van der Waals surface area contributed by atoms with E-state index in [1.165, 1.54) is 0 Å². The Morgan fingerprint density at radius 2 is 1.43 bits per heavy atom. The summed E-state index contributed by atoms with van der Waals surface area (Å²) in [5, 5.41) is 5.23. The van der Waals surface area contributed by atoms with Crippen molar-refractivity contribution in [1.82, 2.24) is 10.6 Å². The predicted octanol–water partition coefficient (Wildman–Crippen LogP) is 3.23. The molecule has 2 N–H and O–H groups in total. The molecule has 21 heavy (non-hydrogen) atoms. The Kier molecular flexibility index (Phi) is 18.8. The maximum Gasteiger partial charge on any atom is 0.407 e. The first-order chi connectivity index (χ1) is 10.1. The van der Waals surface area contributed by atoms with Gasteiger partial charge in [0.05, 0.1) is 6.61 Å². The summed E-state index contributed by atoms with van der Waals surface area (Å²) in [5.74, 6) is 0. The summed E-state index contributed by atoms with van der Waals surface area (Å²) in [7, 11) is 0. The van der Waals surface area contributed by atoms with Crippen molar-refractivity contribution >= 4 is 12.2 Å². The molecule has 0 aliphatic carbocycles. The first kappa shape index (κ1) is 21.6. The Labute approximate surface area is 128 Å². The van der Waals surface area contributed by atoms with Crippen LogP contribution in [0.15, 0.2) is 12.7 Å². The van der Waals surface area contributed by atoms with Crippen molar-refractivity contribution in [3.8, 4) is 0 Å². The highest BCUT2D eigenvalue weighted by Gasteiger charge is 1.97. The average molecular weight is 302 g/mol. The van der Waals surface area contributed by atoms with Crippen LogP contribution >= 0.6 is 0 Å². The molecule has 2 amide bonds. The topological polar surface area (TPSA) is 76.7 Å². The number of carbonyl (C=O) groups is 2. The van der Waals surface area contributed by atoms with Crippen LogP contribution < -0.4 is 10.6 Å². The van der Waals surface area contributed by atoms with E-state index in [1.807, 2.05) is 0 Å². The Hall–Kier alpha value is -1.72. The number of unbranched alkanes of at least 4 members (excludes halogenated alkanes) is 2. The Balaban J connectivity index is 0. The Bertz CT molecular complexity index is 270. The minimum atomic E-state index is -0.363. The van der Waals surface area contributed by atoms with E-state index in [4.69, 9.17) is 0 Å². The normalized spacial score (nSPS) is 8.90. The van der Waals surface area contributed by atoms with Gasteiger partial charge in [-0.1, -0.05) is 39.3 Å². The van der Waals surface area contributed by atoms with Gasteiger partial charge in [-0.25, -0.2) is 9.59 Å². The van der Waals surface area contributed by atoms with Gasteiger partial charge in [-0.3, -0.25) is 0 Å². The van der Waals surface area contributed by atoms with E-state index < -0.39 is 0 Å². The lowest BCUT2D eigenvalue weighted by Crippen LogP contribution is -2.25. The molecule has 0 saturated heterocycles. The zero-order valence-corrected chi connectivity index (χ0v) is 13.6. The van der Waals surface area contributed by atoms with E-state index in [0.717, 1.165) is 32.2 Å². The van der Waals surface area contributed by atoms with Crippen molar-refractivity contribution in [3.05, 3.63) is 12.7 Å². The second kappa shape index (κ2) is 18.3. The molecule has 0 radical (unpaired) electrons. The average Bonchev–Trinajstić information content (AvgIpc) is 2.47. The van der Waals surface area contributed by atoms with Gasteiger partial charge < -0.3 is 20.1 Å². The molecule has 6 heteroatoms. The van der Waals surface area contributed by atoms with Crippen LogP contribution in [0, 0.1) is 0 Å². The number of hydrogen-bond donors (Lipinski definition) is 2. The third kappa shape index (κ3) is 20.8. The lowest BCUT2D eigenvalue weighted by Gasteiger charge is -2.02. The first-order valence-electron chi connectivity index (χ1n) is 7.54. The molecule has 0 aromatic carbocycles. The maximum atomic E-state index is 10.7. The zero-order valence-electron chi connectivity index (χ0n) is 13.6. The quantitative estimate of drug-likeness (QED) is 0.506. The van der Waals surface area contributed by atoms with E-state index >= 15 is 0 Å². The molecule has 0 fully saturated rings. The van der Waals surface area contributed by atoms with Crippen LogP contribution in [0.5, 0.6) is 0 Å². The molecule has 0 aliphatic rings. The summed E-state index contributed by atoms with van der Waals surface area (Å²) in [6.45, 7) is 11.5. The highest BCUT2D eigenvalue weighted by Crippen LogP contribution is 1.84. The second-order valence-electron chi connectivity index (χ2n) is 4.17. The number of rotatable bonds is 9. The number of carbonyl (C=O) groups excluding carboxylic acids is 2. The maximum absolute atomic E-state index is 10.7. The van der Waals surface area contributed by atoms with Gasteiger partial charge >= 0.3 is 12.2 Å². The van der Waals surface area contributed by atoms with Gasteiger partial charge in [0.15, 0.2) is 0 Å².